The van der Waals surface area contributed by atoms with E-state index in [0.29, 0.717) is 17.7 Å². The van der Waals surface area contributed by atoms with Crippen LogP contribution in [0.2, 0.25) is 5.02 Å². The summed E-state index contributed by atoms with van der Waals surface area (Å²) in [5.74, 6) is 0.586. The number of nitrogens with one attached hydrogen (secondary N) is 1. The van der Waals surface area contributed by atoms with E-state index in [0.717, 1.165) is 5.76 Å². The molecule has 0 aliphatic rings. The molecule has 0 saturated carbocycles. The number of carbonyl (C=O) groups is 1. The summed E-state index contributed by atoms with van der Waals surface area (Å²) in [6.07, 6.45) is 2.23. The van der Waals surface area contributed by atoms with E-state index >= 15 is 0 Å². The molecule has 0 aliphatic heterocycles. The van der Waals surface area contributed by atoms with Crippen LogP contribution in [0, 0.1) is 0 Å². The molecule has 3 N–H and O–H groups in total. The van der Waals surface area contributed by atoms with Crippen molar-refractivity contribution < 1.29 is 9.21 Å². The van der Waals surface area contributed by atoms with Crippen LogP contribution in [-0.4, -0.2) is 11.9 Å². The summed E-state index contributed by atoms with van der Waals surface area (Å²) in [7, 11) is 0. The number of halogens is 1. The average Bonchev–Trinajstić information content (AvgIpc) is 2.85. The lowest BCUT2D eigenvalue weighted by molar-refractivity contribution is 0.0939. The van der Waals surface area contributed by atoms with Crippen LogP contribution >= 0.6 is 11.6 Å². The van der Waals surface area contributed by atoms with Crippen molar-refractivity contribution in [1.82, 2.24) is 5.32 Å². The summed E-state index contributed by atoms with van der Waals surface area (Å²) in [6.45, 7) is 1.90. The maximum Gasteiger partial charge on any atom is 0.253 e. The highest BCUT2D eigenvalue weighted by molar-refractivity contribution is 6.36. The summed E-state index contributed by atoms with van der Waals surface area (Å²) in [4.78, 5) is 12.1. The Bertz CT molecular complexity index is 567. The van der Waals surface area contributed by atoms with Crippen LogP contribution in [0.25, 0.3) is 0 Å². The van der Waals surface area contributed by atoms with Crippen LogP contribution in [0.3, 0.4) is 0 Å². The van der Waals surface area contributed by atoms with Crippen LogP contribution in [0.4, 0.5) is 5.69 Å². The Balaban J connectivity index is 2.02. The van der Waals surface area contributed by atoms with Gasteiger partial charge in [-0.3, -0.25) is 4.79 Å². The second kappa shape index (κ2) is 5.80. The SMILES string of the molecule is CC(Cc1ccco1)NC(=O)c1cccc(N)c1Cl. The van der Waals surface area contributed by atoms with E-state index in [1.807, 2.05) is 19.1 Å². The number of furan rings is 1. The third-order valence-electron chi connectivity index (χ3n) is 2.74. The van der Waals surface area contributed by atoms with E-state index < -0.39 is 0 Å². The molecule has 1 aromatic carbocycles. The van der Waals surface area contributed by atoms with Crippen LogP contribution in [0.15, 0.2) is 41.0 Å². The Labute approximate surface area is 116 Å². The Morgan fingerprint density at radius 1 is 1.42 bits per heavy atom. The van der Waals surface area contributed by atoms with Gasteiger partial charge in [0, 0.05) is 12.5 Å². The lowest BCUT2D eigenvalue weighted by Crippen LogP contribution is -2.34. The number of anilines is 1. The zero-order valence-corrected chi connectivity index (χ0v) is 11.3. The van der Waals surface area contributed by atoms with Gasteiger partial charge in [0.2, 0.25) is 0 Å². The van der Waals surface area contributed by atoms with Crippen molar-refractivity contribution in [1.29, 1.82) is 0 Å². The third kappa shape index (κ3) is 3.29. The molecule has 2 rings (SSSR count). The zero-order chi connectivity index (χ0) is 13.8. The quantitative estimate of drug-likeness (QED) is 0.845. The number of hydrogen-bond acceptors (Lipinski definition) is 3. The molecule has 1 heterocycles. The lowest BCUT2D eigenvalue weighted by Gasteiger charge is -2.13. The Morgan fingerprint density at radius 3 is 2.89 bits per heavy atom. The van der Waals surface area contributed by atoms with Gasteiger partial charge in [0.1, 0.15) is 5.76 Å². The molecule has 0 spiro atoms. The Kier molecular flexibility index (Phi) is 4.12. The van der Waals surface area contributed by atoms with Gasteiger partial charge in [0.05, 0.1) is 22.5 Å². The van der Waals surface area contributed by atoms with E-state index in [1.54, 1.807) is 24.5 Å². The first-order chi connectivity index (χ1) is 9.08. The second-order valence-corrected chi connectivity index (χ2v) is 4.74. The van der Waals surface area contributed by atoms with Gasteiger partial charge in [-0.1, -0.05) is 17.7 Å². The molecule has 19 heavy (non-hydrogen) atoms. The molecule has 0 saturated heterocycles. The minimum atomic E-state index is -0.239. The predicted molar refractivity (Wildman–Crippen MR) is 75.2 cm³/mol. The lowest BCUT2D eigenvalue weighted by atomic mass is 10.1. The van der Waals surface area contributed by atoms with Crippen molar-refractivity contribution in [3.63, 3.8) is 0 Å². The van der Waals surface area contributed by atoms with Gasteiger partial charge in [0.15, 0.2) is 0 Å². The van der Waals surface area contributed by atoms with Gasteiger partial charge in [-0.15, -0.1) is 0 Å². The van der Waals surface area contributed by atoms with Crippen LogP contribution < -0.4 is 11.1 Å². The smallest absolute Gasteiger partial charge is 0.253 e. The zero-order valence-electron chi connectivity index (χ0n) is 10.5. The largest absolute Gasteiger partial charge is 0.469 e. The first kappa shape index (κ1) is 13.5. The van der Waals surface area contributed by atoms with Crippen molar-refractivity contribution in [3.8, 4) is 0 Å². The summed E-state index contributed by atoms with van der Waals surface area (Å²) >= 11 is 6.01. The van der Waals surface area contributed by atoms with Gasteiger partial charge in [0.25, 0.3) is 5.91 Å². The van der Waals surface area contributed by atoms with E-state index in [4.69, 9.17) is 21.8 Å². The Morgan fingerprint density at radius 2 is 2.21 bits per heavy atom. The molecule has 1 unspecified atom stereocenters. The maximum absolute atomic E-state index is 12.1. The van der Waals surface area contributed by atoms with Crippen LogP contribution in [0.1, 0.15) is 23.0 Å². The normalized spacial score (nSPS) is 12.1. The third-order valence-corrected chi connectivity index (χ3v) is 3.16. The molecule has 0 radical (unpaired) electrons. The number of amides is 1. The molecule has 1 aromatic heterocycles. The van der Waals surface area contributed by atoms with Gasteiger partial charge < -0.3 is 15.5 Å². The summed E-state index contributed by atoms with van der Waals surface area (Å²) < 4.78 is 5.24. The first-order valence-electron chi connectivity index (χ1n) is 5.95. The number of rotatable bonds is 4. The molecule has 100 valence electrons. The van der Waals surface area contributed by atoms with Crippen molar-refractivity contribution in [3.05, 3.63) is 52.9 Å². The average molecular weight is 279 g/mol. The van der Waals surface area contributed by atoms with E-state index in [9.17, 15) is 4.79 Å². The molecule has 1 atom stereocenters. The molecule has 4 nitrogen and oxygen atoms in total. The number of carbonyl (C=O) groups excluding carboxylic acids is 1. The molecule has 0 aliphatic carbocycles. The number of hydrogen-bond donors (Lipinski definition) is 2. The topological polar surface area (TPSA) is 68.3 Å². The highest BCUT2D eigenvalue weighted by Crippen LogP contribution is 2.23. The molecule has 0 bridgehead atoms. The number of nitrogen functional groups attached to an aromatic ring is 1. The second-order valence-electron chi connectivity index (χ2n) is 4.37. The minimum Gasteiger partial charge on any atom is -0.469 e. The highest BCUT2D eigenvalue weighted by atomic mass is 35.5. The standard InChI is InChI=1S/C14H15ClN2O2/c1-9(8-10-4-3-7-19-10)17-14(18)11-5-2-6-12(16)13(11)15/h2-7,9H,8,16H2,1H3,(H,17,18). The van der Waals surface area contributed by atoms with Crippen molar-refractivity contribution in [2.45, 2.75) is 19.4 Å². The van der Waals surface area contributed by atoms with Gasteiger partial charge in [-0.05, 0) is 31.2 Å². The Hall–Kier alpha value is -1.94. The predicted octanol–water partition coefficient (Wildman–Crippen LogP) is 2.88. The maximum atomic E-state index is 12.1. The molecular formula is C14H15ClN2O2. The molecule has 0 fully saturated rings. The van der Waals surface area contributed by atoms with Crippen molar-refractivity contribution in [2.24, 2.45) is 0 Å². The van der Waals surface area contributed by atoms with Gasteiger partial charge >= 0.3 is 0 Å². The summed E-state index contributed by atoms with van der Waals surface area (Å²) in [6, 6.07) is 8.64. The molecule has 1 amide bonds. The van der Waals surface area contributed by atoms with Crippen LogP contribution in [-0.2, 0) is 6.42 Å². The minimum absolute atomic E-state index is 0.0591. The monoisotopic (exact) mass is 278 g/mol. The molecule has 2 aromatic rings. The fourth-order valence-electron chi connectivity index (χ4n) is 1.81. The van der Waals surface area contributed by atoms with Gasteiger partial charge in [-0.25, -0.2) is 0 Å². The van der Waals surface area contributed by atoms with Crippen LogP contribution in [0.5, 0.6) is 0 Å². The van der Waals surface area contributed by atoms with Crippen molar-refractivity contribution >= 4 is 23.2 Å². The van der Waals surface area contributed by atoms with E-state index in [2.05, 4.69) is 5.32 Å². The number of nitrogens with two attached hydrogens (primary N) is 1. The van der Waals surface area contributed by atoms with Gasteiger partial charge in [-0.2, -0.15) is 0 Å². The summed E-state index contributed by atoms with van der Waals surface area (Å²) in [5.41, 5.74) is 6.45. The highest BCUT2D eigenvalue weighted by Gasteiger charge is 2.15. The fourth-order valence-corrected chi connectivity index (χ4v) is 2.02. The number of benzene rings is 1. The first-order valence-corrected chi connectivity index (χ1v) is 6.33. The molecular weight excluding hydrogens is 264 g/mol. The van der Waals surface area contributed by atoms with E-state index in [-0.39, 0.29) is 17.0 Å². The fraction of sp³-hybridized carbons (Fsp3) is 0.214. The summed E-state index contributed by atoms with van der Waals surface area (Å²) in [5, 5.41) is 3.15. The van der Waals surface area contributed by atoms with Crippen molar-refractivity contribution in [2.75, 3.05) is 5.73 Å². The van der Waals surface area contributed by atoms with E-state index in [1.165, 1.54) is 0 Å². The molecule has 5 heteroatoms.